The van der Waals surface area contributed by atoms with Gasteiger partial charge in [-0.25, -0.2) is 4.39 Å². The van der Waals surface area contributed by atoms with Gasteiger partial charge in [0.1, 0.15) is 5.82 Å². The summed E-state index contributed by atoms with van der Waals surface area (Å²) < 4.78 is 14.2. The van der Waals surface area contributed by atoms with Crippen LogP contribution in [0.1, 0.15) is 20.0 Å². The molecule has 1 heterocycles. The van der Waals surface area contributed by atoms with E-state index in [1.54, 1.807) is 12.1 Å². The maximum absolute atomic E-state index is 12.9. The van der Waals surface area contributed by atoms with Crippen LogP contribution in [0.5, 0.6) is 0 Å². The molecule has 0 aliphatic carbocycles. The zero-order chi connectivity index (χ0) is 14.7. The van der Waals surface area contributed by atoms with Crippen molar-refractivity contribution >= 4 is 61.7 Å². The maximum atomic E-state index is 12.9. The third kappa shape index (κ3) is 3.76. The summed E-state index contributed by atoms with van der Waals surface area (Å²) in [4.78, 5) is 24.1. The molecule has 2 aromatic rings. The van der Waals surface area contributed by atoms with Crippen molar-refractivity contribution in [2.75, 3.05) is 0 Å². The van der Waals surface area contributed by atoms with E-state index in [0.29, 0.717) is 14.0 Å². The van der Waals surface area contributed by atoms with Gasteiger partial charge in [0.25, 0.3) is 11.8 Å². The topological polar surface area (TPSA) is 58.2 Å². The Morgan fingerprint density at radius 2 is 1.85 bits per heavy atom. The van der Waals surface area contributed by atoms with Gasteiger partial charge in [0.05, 0.1) is 14.2 Å². The Morgan fingerprint density at radius 3 is 2.45 bits per heavy atom. The Morgan fingerprint density at radius 1 is 1.15 bits per heavy atom. The molecule has 1 aromatic carbocycles. The summed E-state index contributed by atoms with van der Waals surface area (Å²) in [6.45, 7) is 0. The van der Waals surface area contributed by atoms with Crippen LogP contribution in [-0.4, -0.2) is 11.8 Å². The maximum Gasteiger partial charge on any atom is 0.279 e. The fourth-order valence-electron chi connectivity index (χ4n) is 1.35. The number of rotatable bonds is 2. The Kier molecular flexibility index (Phi) is 5.11. The fraction of sp³-hybridized carbons (Fsp3) is 0. The summed E-state index contributed by atoms with van der Waals surface area (Å²) in [6, 6.07) is 7.17. The molecule has 104 valence electrons. The van der Waals surface area contributed by atoms with Crippen molar-refractivity contribution in [2.45, 2.75) is 0 Å². The van der Waals surface area contributed by atoms with Gasteiger partial charge in [-0.15, -0.1) is 11.3 Å². The number of amides is 2. The molecule has 0 unspecified atom stereocenters. The zero-order valence-electron chi connectivity index (χ0n) is 9.75. The first-order valence-corrected chi connectivity index (χ1v) is 7.97. The molecule has 0 aliphatic heterocycles. The van der Waals surface area contributed by atoms with E-state index in [4.69, 9.17) is 0 Å². The highest BCUT2D eigenvalue weighted by Gasteiger charge is 2.13. The van der Waals surface area contributed by atoms with Crippen LogP contribution in [0.3, 0.4) is 0 Å². The molecule has 0 aliphatic rings. The van der Waals surface area contributed by atoms with E-state index in [-0.39, 0.29) is 0 Å². The van der Waals surface area contributed by atoms with Crippen molar-refractivity contribution in [2.24, 2.45) is 0 Å². The lowest BCUT2D eigenvalue weighted by atomic mass is 10.2. The lowest BCUT2D eigenvalue weighted by molar-refractivity contribution is 0.0848. The Labute approximate surface area is 140 Å². The predicted octanol–water partition coefficient (Wildman–Crippen LogP) is 3.33. The average Bonchev–Trinajstić information content (AvgIpc) is 2.82. The molecule has 8 heteroatoms. The molecular formula is C12H7BrFIN2O2S. The Hall–Kier alpha value is -1.000. The van der Waals surface area contributed by atoms with E-state index >= 15 is 0 Å². The van der Waals surface area contributed by atoms with Gasteiger partial charge in [-0.05, 0) is 68.9 Å². The summed E-state index contributed by atoms with van der Waals surface area (Å²) in [7, 11) is 0. The van der Waals surface area contributed by atoms with Crippen molar-refractivity contribution in [3.63, 3.8) is 0 Å². The molecule has 0 saturated heterocycles. The standard InChI is InChI=1S/C12H7BrFIN2O2S/c13-10-4-3-9(20-10)12(19)17-16-11(18)7-2-1-6(14)5-8(7)15/h1-5H,(H,16,18)(H,17,19). The second-order valence-corrected chi connectivity index (χ2v) is 7.26. The van der Waals surface area contributed by atoms with Crippen molar-refractivity contribution in [1.29, 1.82) is 0 Å². The van der Waals surface area contributed by atoms with Gasteiger partial charge < -0.3 is 0 Å². The summed E-state index contributed by atoms with van der Waals surface area (Å²) in [5.41, 5.74) is 4.89. The van der Waals surface area contributed by atoms with E-state index in [9.17, 15) is 14.0 Å². The molecule has 0 radical (unpaired) electrons. The molecular weight excluding hydrogens is 462 g/mol. The van der Waals surface area contributed by atoms with Crippen LogP contribution in [0.2, 0.25) is 0 Å². The van der Waals surface area contributed by atoms with Gasteiger partial charge in [-0.3, -0.25) is 20.4 Å². The molecule has 0 saturated carbocycles. The van der Waals surface area contributed by atoms with E-state index in [2.05, 4.69) is 26.8 Å². The van der Waals surface area contributed by atoms with Gasteiger partial charge in [0.15, 0.2) is 0 Å². The first-order valence-electron chi connectivity index (χ1n) is 5.28. The second kappa shape index (κ2) is 6.64. The molecule has 1 aromatic heterocycles. The Bertz CT molecular complexity index is 677. The highest BCUT2D eigenvalue weighted by molar-refractivity contribution is 14.1. The average molecular weight is 469 g/mol. The minimum atomic E-state index is -0.502. The number of thiophene rings is 1. The van der Waals surface area contributed by atoms with Crippen LogP contribution in [0.4, 0.5) is 4.39 Å². The number of halogens is 3. The molecule has 4 nitrogen and oxygen atoms in total. The fourth-order valence-corrected chi connectivity index (χ4v) is 3.36. The van der Waals surface area contributed by atoms with Crippen molar-refractivity contribution < 1.29 is 14.0 Å². The number of hydrogen-bond donors (Lipinski definition) is 2. The molecule has 0 spiro atoms. The lowest BCUT2D eigenvalue weighted by Gasteiger charge is -2.07. The molecule has 2 N–H and O–H groups in total. The van der Waals surface area contributed by atoms with Crippen LogP contribution in [0.25, 0.3) is 0 Å². The SMILES string of the molecule is O=C(NNC(=O)c1ccc(F)cc1I)c1ccc(Br)s1. The number of hydrogen-bond acceptors (Lipinski definition) is 3. The van der Waals surface area contributed by atoms with Gasteiger partial charge >= 0.3 is 0 Å². The molecule has 0 fully saturated rings. The van der Waals surface area contributed by atoms with Gasteiger partial charge in [-0.2, -0.15) is 0 Å². The van der Waals surface area contributed by atoms with Crippen LogP contribution in [-0.2, 0) is 0 Å². The normalized spacial score (nSPS) is 10.2. The van der Waals surface area contributed by atoms with Crippen molar-refractivity contribution in [3.8, 4) is 0 Å². The molecule has 20 heavy (non-hydrogen) atoms. The molecule has 0 bridgehead atoms. The minimum Gasteiger partial charge on any atom is -0.267 e. The molecule has 2 amide bonds. The summed E-state index contributed by atoms with van der Waals surface area (Å²) >= 11 is 6.35. The third-order valence-corrected chi connectivity index (χ3v) is 4.78. The number of carbonyl (C=O) groups is 2. The molecule has 2 rings (SSSR count). The highest BCUT2D eigenvalue weighted by Crippen LogP contribution is 2.21. The minimum absolute atomic E-state index is 0.291. The number of hydrazine groups is 1. The summed E-state index contributed by atoms with van der Waals surface area (Å²) in [5, 5.41) is 0. The van der Waals surface area contributed by atoms with Gasteiger partial charge in [-0.1, -0.05) is 0 Å². The first kappa shape index (κ1) is 15.4. The van der Waals surface area contributed by atoms with E-state index in [1.165, 1.54) is 29.5 Å². The van der Waals surface area contributed by atoms with E-state index in [0.717, 1.165) is 3.79 Å². The smallest absolute Gasteiger partial charge is 0.267 e. The number of benzene rings is 1. The van der Waals surface area contributed by atoms with Gasteiger partial charge in [0.2, 0.25) is 0 Å². The first-order chi connectivity index (χ1) is 9.47. The lowest BCUT2D eigenvalue weighted by Crippen LogP contribution is -2.41. The van der Waals surface area contributed by atoms with Crippen LogP contribution < -0.4 is 10.9 Å². The highest BCUT2D eigenvalue weighted by atomic mass is 127. The van der Waals surface area contributed by atoms with E-state index in [1.807, 2.05) is 22.6 Å². The van der Waals surface area contributed by atoms with E-state index < -0.39 is 17.6 Å². The quantitative estimate of drug-likeness (QED) is 0.524. The summed E-state index contributed by atoms with van der Waals surface area (Å²) in [6.07, 6.45) is 0. The Balaban J connectivity index is 2.00. The third-order valence-electron chi connectivity index (χ3n) is 2.26. The predicted molar refractivity (Wildman–Crippen MR) is 86.1 cm³/mol. The van der Waals surface area contributed by atoms with Crippen LogP contribution in [0, 0.1) is 9.39 Å². The number of nitrogens with one attached hydrogen (secondary N) is 2. The monoisotopic (exact) mass is 468 g/mol. The van der Waals surface area contributed by atoms with Crippen molar-refractivity contribution in [1.82, 2.24) is 10.9 Å². The number of carbonyl (C=O) groups excluding carboxylic acids is 2. The zero-order valence-corrected chi connectivity index (χ0v) is 14.3. The molecule has 0 atom stereocenters. The van der Waals surface area contributed by atoms with Gasteiger partial charge in [0, 0.05) is 3.57 Å². The largest absolute Gasteiger partial charge is 0.279 e. The van der Waals surface area contributed by atoms with Crippen molar-refractivity contribution in [3.05, 3.63) is 53.9 Å². The van der Waals surface area contributed by atoms with Crippen LogP contribution in [0.15, 0.2) is 34.1 Å². The van der Waals surface area contributed by atoms with Crippen LogP contribution >= 0.6 is 49.9 Å². The summed E-state index contributed by atoms with van der Waals surface area (Å²) in [5.74, 6) is -1.33. The second-order valence-electron chi connectivity index (χ2n) is 3.64.